The number of carbonyl (C=O) groups is 3. The van der Waals surface area contributed by atoms with E-state index in [0.29, 0.717) is 44.5 Å². The van der Waals surface area contributed by atoms with Crippen LogP contribution in [0.3, 0.4) is 0 Å². The lowest BCUT2D eigenvalue weighted by atomic mass is 9.65. The van der Waals surface area contributed by atoms with Gasteiger partial charge in [0.05, 0.1) is 24.0 Å². The van der Waals surface area contributed by atoms with Gasteiger partial charge in [0.1, 0.15) is 17.4 Å². The molecule has 5 atom stereocenters. The van der Waals surface area contributed by atoms with Crippen molar-refractivity contribution in [3.8, 4) is 5.75 Å². The van der Waals surface area contributed by atoms with Crippen LogP contribution >= 0.6 is 0 Å². The summed E-state index contributed by atoms with van der Waals surface area (Å²) < 4.78 is 12.3. The van der Waals surface area contributed by atoms with Gasteiger partial charge >= 0.3 is 0 Å². The molecule has 0 aliphatic carbocycles. The average molecular weight is 530 g/mol. The second-order valence-corrected chi connectivity index (χ2v) is 11.1. The summed E-state index contributed by atoms with van der Waals surface area (Å²) in [7, 11) is 0. The zero-order valence-corrected chi connectivity index (χ0v) is 23.1. The third kappa shape index (κ3) is 5.02. The van der Waals surface area contributed by atoms with Crippen molar-refractivity contribution >= 4 is 23.4 Å². The molecule has 3 aliphatic heterocycles. The van der Waals surface area contributed by atoms with E-state index < -0.39 is 29.1 Å². The molecular weight excluding hydrogens is 486 g/mol. The third-order valence-electron chi connectivity index (χ3n) is 8.38. The first kappa shape index (κ1) is 28.4. The second-order valence-electron chi connectivity index (χ2n) is 11.1. The summed E-state index contributed by atoms with van der Waals surface area (Å²) in [5.41, 5.74) is -1.17. The number of ether oxygens (including phenoxy) is 2. The van der Waals surface area contributed by atoms with Gasteiger partial charge in [-0.05, 0) is 77.1 Å². The van der Waals surface area contributed by atoms with Crippen LogP contribution in [0.5, 0.6) is 5.75 Å². The topological polar surface area (TPSA) is 117 Å². The molecule has 3 N–H and O–H groups in total. The zero-order chi connectivity index (χ0) is 27.5. The molecule has 3 saturated heterocycles. The van der Waals surface area contributed by atoms with E-state index in [9.17, 15) is 14.4 Å². The van der Waals surface area contributed by atoms with Crippen LogP contribution in [0.1, 0.15) is 72.6 Å². The molecule has 1 aromatic rings. The van der Waals surface area contributed by atoms with E-state index in [0.717, 1.165) is 25.0 Å². The molecule has 2 bridgehead atoms. The normalized spacial score (nSPS) is 29.6. The van der Waals surface area contributed by atoms with Crippen LogP contribution < -0.4 is 15.4 Å². The van der Waals surface area contributed by atoms with Gasteiger partial charge in [-0.25, -0.2) is 0 Å². The Bertz CT molecular complexity index is 1010. The molecule has 38 heavy (non-hydrogen) atoms. The Kier molecular flexibility index (Phi) is 8.67. The summed E-state index contributed by atoms with van der Waals surface area (Å²) in [5.74, 6) is -1.31. The van der Waals surface area contributed by atoms with Crippen LogP contribution in [0.2, 0.25) is 0 Å². The predicted octanol–water partition coefficient (Wildman–Crippen LogP) is 3.26. The molecule has 3 amide bonds. The van der Waals surface area contributed by atoms with Crippen molar-refractivity contribution in [1.82, 2.24) is 10.2 Å². The number of aliphatic hydroxyl groups is 1. The third-order valence-corrected chi connectivity index (χ3v) is 8.38. The smallest absolute Gasteiger partial charge is 0.246 e. The van der Waals surface area contributed by atoms with Gasteiger partial charge < -0.3 is 30.1 Å². The van der Waals surface area contributed by atoms with Crippen molar-refractivity contribution in [3.63, 3.8) is 0 Å². The lowest BCUT2D eigenvalue weighted by Gasteiger charge is -2.34. The highest BCUT2D eigenvalue weighted by atomic mass is 16.5. The SMILES string of the molecule is CCOc1ccc(NC(=O)[C@@H]2[C@H]3C(=O)N(CCCCCCO)C(C(=O)NC(C)C)C34CC[C@@]2(CC)O4)cc1. The molecule has 4 rings (SSSR count). The van der Waals surface area contributed by atoms with E-state index in [4.69, 9.17) is 14.6 Å². The molecule has 0 saturated carbocycles. The number of anilines is 1. The molecule has 1 spiro atoms. The number of unbranched alkanes of at least 4 members (excludes halogenated alkanes) is 3. The minimum Gasteiger partial charge on any atom is -0.494 e. The van der Waals surface area contributed by atoms with Gasteiger partial charge in [0.2, 0.25) is 17.7 Å². The van der Waals surface area contributed by atoms with Crippen molar-refractivity contribution in [2.45, 2.75) is 95.9 Å². The lowest BCUT2D eigenvalue weighted by Crippen LogP contribution is -2.56. The number of carbonyl (C=O) groups excluding carboxylic acids is 3. The first-order chi connectivity index (χ1) is 18.2. The number of rotatable bonds is 13. The Morgan fingerprint density at radius 3 is 2.45 bits per heavy atom. The van der Waals surface area contributed by atoms with Crippen molar-refractivity contribution in [1.29, 1.82) is 0 Å². The monoisotopic (exact) mass is 529 g/mol. The van der Waals surface area contributed by atoms with E-state index in [1.807, 2.05) is 27.7 Å². The maximum atomic E-state index is 14.1. The van der Waals surface area contributed by atoms with Gasteiger partial charge in [-0.1, -0.05) is 19.8 Å². The van der Waals surface area contributed by atoms with Gasteiger partial charge in [0, 0.05) is 24.9 Å². The Hall–Kier alpha value is -2.65. The first-order valence-corrected chi connectivity index (χ1v) is 14.2. The summed E-state index contributed by atoms with van der Waals surface area (Å²) in [6.07, 6.45) is 4.93. The fourth-order valence-corrected chi connectivity index (χ4v) is 6.79. The minimum atomic E-state index is -1.02. The first-order valence-electron chi connectivity index (χ1n) is 14.2. The highest BCUT2D eigenvalue weighted by Gasteiger charge is 2.78. The fourth-order valence-electron chi connectivity index (χ4n) is 6.79. The van der Waals surface area contributed by atoms with Crippen LogP contribution in [-0.4, -0.2) is 70.8 Å². The van der Waals surface area contributed by atoms with E-state index in [2.05, 4.69) is 10.6 Å². The molecule has 0 radical (unpaired) electrons. The Labute approximate surface area is 225 Å². The number of hydrogen-bond acceptors (Lipinski definition) is 6. The fraction of sp³-hybridized carbons (Fsp3) is 0.690. The summed E-state index contributed by atoms with van der Waals surface area (Å²) in [6, 6.07) is 6.34. The summed E-state index contributed by atoms with van der Waals surface area (Å²) in [5, 5.41) is 15.1. The van der Waals surface area contributed by atoms with E-state index in [1.165, 1.54) is 0 Å². The van der Waals surface area contributed by atoms with Crippen molar-refractivity contribution in [2.24, 2.45) is 11.8 Å². The number of fused-ring (bicyclic) bond motifs is 1. The van der Waals surface area contributed by atoms with E-state index in [-0.39, 0.29) is 30.4 Å². The molecular formula is C29H43N3O6. The number of aliphatic hydroxyl groups excluding tert-OH is 1. The molecule has 2 unspecified atom stereocenters. The molecule has 1 aromatic carbocycles. The second kappa shape index (κ2) is 11.6. The maximum absolute atomic E-state index is 14.1. The van der Waals surface area contributed by atoms with Gasteiger partial charge in [-0.15, -0.1) is 0 Å². The quantitative estimate of drug-likeness (QED) is 0.338. The average Bonchev–Trinajstić information content (AvgIpc) is 3.48. The van der Waals surface area contributed by atoms with Crippen molar-refractivity contribution in [3.05, 3.63) is 24.3 Å². The van der Waals surface area contributed by atoms with Crippen molar-refractivity contribution in [2.75, 3.05) is 25.1 Å². The van der Waals surface area contributed by atoms with Crippen LogP contribution in [-0.2, 0) is 19.1 Å². The number of hydrogen-bond donors (Lipinski definition) is 3. The number of nitrogens with zero attached hydrogens (tertiary/aromatic N) is 1. The highest BCUT2D eigenvalue weighted by molar-refractivity contribution is 6.02. The highest BCUT2D eigenvalue weighted by Crippen LogP contribution is 2.64. The van der Waals surface area contributed by atoms with Gasteiger partial charge in [-0.2, -0.15) is 0 Å². The molecule has 9 nitrogen and oxygen atoms in total. The van der Waals surface area contributed by atoms with E-state index >= 15 is 0 Å². The Balaban J connectivity index is 1.62. The summed E-state index contributed by atoms with van der Waals surface area (Å²) >= 11 is 0. The summed E-state index contributed by atoms with van der Waals surface area (Å²) in [6.45, 7) is 8.83. The number of amides is 3. The van der Waals surface area contributed by atoms with E-state index in [1.54, 1.807) is 29.2 Å². The number of benzene rings is 1. The molecule has 3 fully saturated rings. The van der Waals surface area contributed by atoms with Crippen molar-refractivity contribution < 1.29 is 29.0 Å². The maximum Gasteiger partial charge on any atom is 0.246 e. The van der Waals surface area contributed by atoms with Gasteiger partial charge in [0.15, 0.2) is 0 Å². The lowest BCUT2D eigenvalue weighted by molar-refractivity contribution is -0.146. The number of likely N-dealkylation sites (tertiary alicyclic amines) is 1. The standard InChI is InChI=1S/C29H43N3O6/c1-5-28-15-16-29(38-28)23(22(28)25(34)31-20-11-13-21(14-12-20)37-6-2)27(36)32(17-9-7-8-10-18-33)24(29)26(35)30-19(3)4/h11-14,19,22-24,33H,5-10,15-18H2,1-4H3,(H,30,35)(H,31,34)/t22-,23-,24?,28+,29?/m0/s1. The minimum absolute atomic E-state index is 0.0862. The largest absolute Gasteiger partial charge is 0.494 e. The molecule has 3 heterocycles. The van der Waals surface area contributed by atoms with Crippen LogP contribution in [0.4, 0.5) is 5.69 Å². The molecule has 3 aliphatic rings. The Morgan fingerprint density at radius 2 is 1.82 bits per heavy atom. The molecule has 210 valence electrons. The van der Waals surface area contributed by atoms with Crippen LogP contribution in [0.25, 0.3) is 0 Å². The number of nitrogens with one attached hydrogen (secondary N) is 2. The molecule has 0 aromatic heterocycles. The van der Waals surface area contributed by atoms with Crippen LogP contribution in [0, 0.1) is 11.8 Å². The van der Waals surface area contributed by atoms with Gasteiger partial charge in [0.25, 0.3) is 0 Å². The Morgan fingerprint density at radius 1 is 1.11 bits per heavy atom. The van der Waals surface area contributed by atoms with Gasteiger partial charge in [-0.3, -0.25) is 14.4 Å². The predicted molar refractivity (Wildman–Crippen MR) is 144 cm³/mol. The molecule has 9 heteroatoms. The zero-order valence-electron chi connectivity index (χ0n) is 23.1. The summed E-state index contributed by atoms with van der Waals surface area (Å²) in [4.78, 5) is 43.2. The van der Waals surface area contributed by atoms with Crippen LogP contribution in [0.15, 0.2) is 24.3 Å².